The van der Waals surface area contributed by atoms with Gasteiger partial charge in [-0.05, 0) is 36.5 Å². The van der Waals surface area contributed by atoms with Crippen LogP contribution in [0.1, 0.15) is 83.1 Å². The van der Waals surface area contributed by atoms with Crippen LogP contribution in [0, 0.1) is 34.3 Å². The van der Waals surface area contributed by atoms with E-state index < -0.39 is 5.09 Å². The normalized spacial score (nSPS) is 24.4. The fourth-order valence-electron chi connectivity index (χ4n) is 4.97. The van der Waals surface area contributed by atoms with Gasteiger partial charge in [0.2, 0.25) is 70.4 Å². The smallest absolute Gasteiger partial charge is 0.201 e. The van der Waals surface area contributed by atoms with Crippen molar-refractivity contribution in [1.82, 2.24) is 0 Å². The minimum atomic E-state index is -1.25. The van der Waals surface area contributed by atoms with Crippen LogP contribution in [0.15, 0.2) is 144 Å². The van der Waals surface area contributed by atoms with Gasteiger partial charge in [0, 0.05) is 178 Å². The van der Waals surface area contributed by atoms with Crippen molar-refractivity contribution < 1.29 is 61.1 Å². The average molecular weight is 865 g/mol. The molecule has 16 nitrogen and oxygen atoms in total. The molecule has 317 valence electrons. The molecule has 17 heteroatoms. The van der Waals surface area contributed by atoms with Gasteiger partial charge in [0.25, 0.3) is 0 Å². The van der Waals surface area contributed by atoms with Crippen LogP contribution in [0.25, 0.3) is 0 Å². The average Bonchev–Trinajstić information content (AvgIpc) is 3.16. The molecule has 0 aromatic carbocycles. The second-order valence-electron chi connectivity index (χ2n) is 13.8. The standard InChI is InChI=1S/6C7H10NO.Fe.H2NO3/c6*1-6-4-3-5-7(2)8(6)9;;2-1(3)4/h6*3-6H,1-2H3;;(H2,2,3,4)/q6*+1;+3;+1. The molecule has 59 heavy (non-hydrogen) atoms. The second-order valence-corrected chi connectivity index (χ2v) is 13.8. The summed E-state index contributed by atoms with van der Waals surface area (Å²) in [6, 6.07) is 0.0556. The topological polar surface area (TPSA) is 181 Å². The molecule has 6 aliphatic heterocycles. The summed E-state index contributed by atoms with van der Waals surface area (Å²) in [5.41, 5.74) is 4.69. The van der Waals surface area contributed by atoms with Gasteiger partial charge in [-0.1, -0.05) is 36.5 Å². The maximum atomic E-state index is 10.9. The van der Waals surface area contributed by atoms with Crippen molar-refractivity contribution in [2.75, 3.05) is 0 Å². The maximum absolute atomic E-state index is 10.9. The summed E-state index contributed by atoms with van der Waals surface area (Å²) in [6.45, 7) is 22.1. The van der Waals surface area contributed by atoms with Crippen LogP contribution in [0.4, 0.5) is 0 Å². The van der Waals surface area contributed by atoms with Crippen molar-refractivity contribution in [2.24, 2.45) is 0 Å². The predicted molar refractivity (Wildman–Crippen MR) is 223 cm³/mol. The van der Waals surface area contributed by atoms with Gasteiger partial charge in [0.1, 0.15) is 4.91 Å². The minimum Gasteiger partial charge on any atom is -0.201 e. The summed E-state index contributed by atoms with van der Waals surface area (Å²) in [7, 11) is 0. The van der Waals surface area contributed by atoms with Crippen molar-refractivity contribution in [3.05, 3.63) is 178 Å². The summed E-state index contributed by atoms with van der Waals surface area (Å²) >= 11 is 0. The van der Waals surface area contributed by atoms with Crippen LogP contribution in [-0.2, 0) is 17.1 Å². The summed E-state index contributed by atoms with van der Waals surface area (Å²) in [5, 5.41) is 12.5. The Hall–Kier alpha value is -5.80. The first-order chi connectivity index (χ1) is 27.0. The van der Waals surface area contributed by atoms with Gasteiger partial charge in [-0.3, -0.25) is 0 Å². The molecular weight excluding hydrogens is 802 g/mol. The van der Waals surface area contributed by atoms with Crippen LogP contribution in [-0.4, -0.2) is 80.3 Å². The number of hydrogen-bond acceptors (Lipinski definition) is 7. The molecule has 0 aromatic rings. The Kier molecular flexibility index (Phi) is 26.8. The van der Waals surface area contributed by atoms with Crippen LogP contribution >= 0.6 is 0 Å². The quantitative estimate of drug-likeness (QED) is 0.136. The van der Waals surface area contributed by atoms with E-state index in [0.717, 1.165) is 62.7 Å². The van der Waals surface area contributed by atoms with Crippen molar-refractivity contribution in [1.29, 1.82) is 0 Å². The van der Waals surface area contributed by atoms with E-state index in [9.17, 15) is 29.4 Å². The molecule has 0 fully saturated rings. The third-order valence-corrected chi connectivity index (χ3v) is 8.67. The van der Waals surface area contributed by atoms with Crippen LogP contribution in [0.2, 0.25) is 0 Å². The molecule has 0 aliphatic carbocycles. The molecule has 6 rings (SSSR count). The zero-order valence-corrected chi connectivity index (χ0v) is 37.2. The number of hydrogen-bond donors (Lipinski definition) is 2. The minimum absolute atomic E-state index is 0. The molecular formula is C42H62FeN7O9+10. The molecule has 1 radical (unpaired) electrons. The fraction of sp³-hybridized carbons (Fsp3) is 0.429. The Morgan fingerprint density at radius 3 is 0.525 bits per heavy atom. The number of allylic oxidation sites excluding steroid dienone is 18. The Morgan fingerprint density at radius 1 is 0.356 bits per heavy atom. The Morgan fingerprint density at radius 2 is 0.458 bits per heavy atom. The van der Waals surface area contributed by atoms with Crippen molar-refractivity contribution in [3.8, 4) is 0 Å². The third-order valence-electron chi connectivity index (χ3n) is 8.67. The summed E-state index contributed by atoms with van der Waals surface area (Å²) in [4.78, 5) is 74.0. The van der Waals surface area contributed by atoms with E-state index in [4.69, 9.17) is 15.3 Å². The van der Waals surface area contributed by atoms with E-state index in [1.54, 1.807) is 0 Å². The fourth-order valence-corrected chi connectivity index (χ4v) is 4.97. The first kappa shape index (κ1) is 55.3. The molecule has 6 atom stereocenters. The van der Waals surface area contributed by atoms with Gasteiger partial charge in [0.15, 0.2) is 0 Å². The molecule has 6 unspecified atom stereocenters. The van der Waals surface area contributed by atoms with Gasteiger partial charge in [-0.25, -0.2) is 10.4 Å². The van der Waals surface area contributed by atoms with Crippen LogP contribution in [0.3, 0.4) is 0 Å². The maximum Gasteiger partial charge on any atom is 3.00 e. The van der Waals surface area contributed by atoms with E-state index >= 15 is 0 Å². The largest absolute Gasteiger partial charge is 3.00 e. The second kappa shape index (κ2) is 28.6. The van der Waals surface area contributed by atoms with Gasteiger partial charge in [-0.2, -0.15) is 0 Å². The SMILES string of the molecule is CC1=CC=CC(C)[N+]1=O.CC1=CC=CC(C)[N+]1=O.CC1=CC=CC(C)[N+]1=O.CC1=CC=CC(C)[N+]1=O.CC1=CC=CC(C)[N+]1=O.CC1=CC=CC(C)[N+]1=O.O=[N+](O)O.[Fe+3]. The Bertz CT molecular complexity index is 1600. The number of rotatable bonds is 0. The van der Waals surface area contributed by atoms with Crippen molar-refractivity contribution >= 4 is 0 Å². The number of nitroso groups, excluding NO2 is 6. The van der Waals surface area contributed by atoms with Crippen LogP contribution in [0.5, 0.6) is 0 Å². The zero-order valence-electron chi connectivity index (χ0n) is 36.1. The first-order valence-electron chi connectivity index (χ1n) is 18.8. The van der Waals surface area contributed by atoms with Gasteiger partial charge >= 0.3 is 22.2 Å². The van der Waals surface area contributed by atoms with Gasteiger partial charge < -0.3 is 0 Å². The van der Waals surface area contributed by atoms with Crippen molar-refractivity contribution in [3.63, 3.8) is 0 Å². The summed E-state index contributed by atoms with van der Waals surface area (Å²) < 4.78 is 6.00. The molecule has 0 amide bonds. The predicted octanol–water partition coefficient (Wildman–Crippen LogP) is 9.31. The van der Waals surface area contributed by atoms with E-state index in [0.29, 0.717) is 0 Å². The molecule has 0 bridgehead atoms. The zero-order chi connectivity index (χ0) is 44.7. The first-order valence-corrected chi connectivity index (χ1v) is 18.8. The molecule has 2 N–H and O–H groups in total. The van der Waals surface area contributed by atoms with E-state index in [1.807, 2.05) is 192 Å². The van der Waals surface area contributed by atoms with E-state index in [1.165, 1.54) is 0 Å². The molecule has 6 aliphatic rings. The Balaban J connectivity index is 0. The molecule has 0 aromatic heterocycles. The third kappa shape index (κ3) is 21.5. The molecule has 0 saturated carbocycles. The van der Waals surface area contributed by atoms with Gasteiger partial charge in [-0.15, -0.1) is 0 Å². The van der Waals surface area contributed by atoms with Crippen molar-refractivity contribution in [2.45, 2.75) is 119 Å². The number of nitrogens with zero attached hydrogens (tertiary/aromatic N) is 7. The monoisotopic (exact) mass is 864 g/mol. The van der Waals surface area contributed by atoms with E-state index in [-0.39, 0.29) is 53.3 Å². The van der Waals surface area contributed by atoms with E-state index in [2.05, 4.69) is 0 Å². The van der Waals surface area contributed by atoms with Gasteiger partial charge in [0.05, 0.1) is 0 Å². The molecule has 6 heterocycles. The molecule has 0 saturated heterocycles. The summed E-state index contributed by atoms with van der Waals surface area (Å²) in [6.07, 6.45) is 33.6. The summed E-state index contributed by atoms with van der Waals surface area (Å²) in [5.74, 6) is 0. The van der Waals surface area contributed by atoms with Crippen LogP contribution < -0.4 is 0 Å². The molecule has 0 spiro atoms. The Labute approximate surface area is 357 Å².